The highest BCUT2D eigenvalue weighted by Gasteiger charge is 2.29. The van der Waals surface area contributed by atoms with Gasteiger partial charge in [0.15, 0.2) is 0 Å². The fraction of sp³-hybridized carbons (Fsp3) is 0.0962. The van der Waals surface area contributed by atoms with E-state index in [0.717, 1.165) is 40.6 Å². The number of nitrogens with zero attached hydrogens (tertiary/aromatic N) is 5. The van der Waals surface area contributed by atoms with Gasteiger partial charge in [-0.3, -0.25) is 4.57 Å². The van der Waals surface area contributed by atoms with Gasteiger partial charge in [0.25, 0.3) is 0 Å². The number of para-hydroxylation sites is 5. The lowest BCUT2D eigenvalue weighted by Crippen LogP contribution is -2.24. The monoisotopic (exact) mass is 737 g/mol. The van der Waals surface area contributed by atoms with Crippen LogP contribution in [0.5, 0.6) is 0 Å². The quantitative estimate of drug-likeness (QED) is 0.163. The maximum absolute atomic E-state index is 5.03. The number of anilines is 7. The Bertz CT molecular complexity index is 2920. The standard InChI is InChI=1S/C52H43N5/c1-35-15-12-16-36(2)51(35)39-29-30-53-50(31-39)57-46-24-9-8-23-44(46)45-28-27-43(33-49(45)57)56(52-37(3)17-13-18-38(52)4)42-22-14-21-41(32-42)55-34-54(40-19-6-5-7-20-40)47-25-10-11-26-48(47)55/h5-33H,34H2,1-4H3. The predicted octanol–water partition coefficient (Wildman–Crippen LogP) is 13.8. The lowest BCUT2D eigenvalue weighted by Gasteiger charge is -2.30. The molecule has 3 heterocycles. The van der Waals surface area contributed by atoms with Crippen molar-refractivity contribution in [2.24, 2.45) is 0 Å². The van der Waals surface area contributed by atoms with Crippen molar-refractivity contribution in [3.63, 3.8) is 0 Å². The van der Waals surface area contributed by atoms with E-state index in [2.05, 4.69) is 217 Å². The third-order valence-electron chi connectivity index (χ3n) is 11.5. The zero-order chi connectivity index (χ0) is 38.6. The second kappa shape index (κ2) is 13.9. The van der Waals surface area contributed by atoms with Gasteiger partial charge in [-0.2, -0.15) is 0 Å². The summed E-state index contributed by atoms with van der Waals surface area (Å²) in [4.78, 5) is 12.3. The second-order valence-corrected chi connectivity index (χ2v) is 15.1. The number of pyridine rings is 1. The summed E-state index contributed by atoms with van der Waals surface area (Å²) in [7, 11) is 0. The lowest BCUT2D eigenvalue weighted by atomic mass is 9.96. The van der Waals surface area contributed by atoms with Crippen molar-refractivity contribution in [1.29, 1.82) is 0 Å². The predicted molar refractivity (Wildman–Crippen MR) is 240 cm³/mol. The van der Waals surface area contributed by atoms with Crippen molar-refractivity contribution in [1.82, 2.24) is 9.55 Å². The van der Waals surface area contributed by atoms with Crippen LogP contribution < -0.4 is 14.7 Å². The summed E-state index contributed by atoms with van der Waals surface area (Å²) in [6, 6.07) is 61.4. The highest BCUT2D eigenvalue weighted by atomic mass is 15.4. The molecule has 0 unspecified atom stereocenters. The fourth-order valence-corrected chi connectivity index (χ4v) is 8.94. The molecule has 0 bridgehead atoms. The molecule has 276 valence electrons. The maximum Gasteiger partial charge on any atom is 0.138 e. The maximum atomic E-state index is 5.03. The summed E-state index contributed by atoms with van der Waals surface area (Å²) < 4.78 is 2.34. The topological polar surface area (TPSA) is 27.5 Å². The van der Waals surface area contributed by atoms with Crippen LogP contribution in [-0.4, -0.2) is 16.2 Å². The van der Waals surface area contributed by atoms with E-state index in [9.17, 15) is 0 Å². The zero-order valence-corrected chi connectivity index (χ0v) is 32.7. The Morgan fingerprint density at radius 3 is 1.82 bits per heavy atom. The molecule has 0 saturated carbocycles. The average Bonchev–Trinajstić information content (AvgIpc) is 3.79. The van der Waals surface area contributed by atoms with Gasteiger partial charge in [-0.05, 0) is 134 Å². The van der Waals surface area contributed by atoms with Gasteiger partial charge in [-0.25, -0.2) is 4.98 Å². The van der Waals surface area contributed by atoms with Crippen LogP contribution in [0.25, 0.3) is 38.8 Å². The molecular weight excluding hydrogens is 695 g/mol. The van der Waals surface area contributed by atoms with E-state index in [1.165, 1.54) is 66.9 Å². The molecule has 2 aromatic heterocycles. The first-order valence-corrected chi connectivity index (χ1v) is 19.7. The molecule has 0 atom stereocenters. The number of hydrogen-bond donors (Lipinski definition) is 0. The number of rotatable bonds is 7. The van der Waals surface area contributed by atoms with E-state index in [-0.39, 0.29) is 0 Å². The Labute approximate surface area is 334 Å². The highest BCUT2D eigenvalue weighted by Crippen LogP contribution is 2.47. The van der Waals surface area contributed by atoms with Crippen LogP contribution >= 0.6 is 0 Å². The van der Waals surface area contributed by atoms with Crippen molar-refractivity contribution in [2.75, 3.05) is 21.4 Å². The van der Waals surface area contributed by atoms with Crippen LogP contribution in [0.4, 0.5) is 39.8 Å². The number of hydrogen-bond acceptors (Lipinski definition) is 4. The van der Waals surface area contributed by atoms with Crippen LogP contribution in [0.3, 0.4) is 0 Å². The smallest absolute Gasteiger partial charge is 0.138 e. The van der Waals surface area contributed by atoms with Crippen LogP contribution in [0, 0.1) is 27.7 Å². The van der Waals surface area contributed by atoms with Crippen molar-refractivity contribution >= 4 is 61.6 Å². The van der Waals surface area contributed by atoms with Gasteiger partial charge >= 0.3 is 0 Å². The Morgan fingerprint density at radius 1 is 0.474 bits per heavy atom. The first-order chi connectivity index (χ1) is 27.9. The van der Waals surface area contributed by atoms with Crippen molar-refractivity contribution in [3.8, 4) is 16.9 Å². The molecule has 9 aromatic rings. The van der Waals surface area contributed by atoms with E-state index in [4.69, 9.17) is 4.98 Å². The van der Waals surface area contributed by atoms with Gasteiger partial charge in [0.2, 0.25) is 0 Å². The molecule has 0 spiro atoms. The zero-order valence-electron chi connectivity index (χ0n) is 32.7. The number of fused-ring (bicyclic) bond motifs is 4. The van der Waals surface area contributed by atoms with Crippen LogP contribution in [-0.2, 0) is 0 Å². The summed E-state index contributed by atoms with van der Waals surface area (Å²) in [5.41, 5.74) is 17.7. The molecular formula is C52H43N5. The van der Waals surface area contributed by atoms with Crippen molar-refractivity contribution in [2.45, 2.75) is 27.7 Å². The Balaban J connectivity index is 1.15. The van der Waals surface area contributed by atoms with E-state index >= 15 is 0 Å². The summed E-state index contributed by atoms with van der Waals surface area (Å²) in [5, 5.41) is 2.40. The summed E-state index contributed by atoms with van der Waals surface area (Å²) in [6.45, 7) is 9.52. The number of benzene rings is 7. The Kier molecular flexibility index (Phi) is 8.37. The van der Waals surface area contributed by atoms with Crippen molar-refractivity contribution < 1.29 is 0 Å². The molecule has 0 radical (unpaired) electrons. The van der Waals surface area contributed by atoms with Gasteiger partial charge in [0, 0.05) is 39.7 Å². The SMILES string of the molecule is Cc1cccc(C)c1-c1ccnc(-n2c3ccccc3c3ccc(N(c4cccc(N5CN(c6ccccc6)c6ccccc65)c4)c4c(C)cccc4C)cc32)c1. The fourth-order valence-electron chi connectivity index (χ4n) is 8.94. The summed E-state index contributed by atoms with van der Waals surface area (Å²) in [5.74, 6) is 0.898. The molecule has 10 rings (SSSR count). The third-order valence-corrected chi connectivity index (χ3v) is 11.5. The minimum atomic E-state index is 0.719. The largest absolute Gasteiger partial charge is 0.321 e. The molecule has 0 N–H and O–H groups in total. The summed E-state index contributed by atoms with van der Waals surface area (Å²) in [6.07, 6.45) is 1.95. The molecule has 0 amide bonds. The minimum Gasteiger partial charge on any atom is -0.321 e. The molecule has 1 aliphatic rings. The average molecular weight is 738 g/mol. The third kappa shape index (κ3) is 5.82. The first-order valence-electron chi connectivity index (χ1n) is 19.7. The van der Waals surface area contributed by atoms with E-state index < -0.39 is 0 Å². The van der Waals surface area contributed by atoms with Gasteiger partial charge in [-0.15, -0.1) is 0 Å². The second-order valence-electron chi connectivity index (χ2n) is 15.1. The van der Waals surface area contributed by atoms with Crippen LogP contribution in [0.2, 0.25) is 0 Å². The van der Waals surface area contributed by atoms with E-state index in [1.54, 1.807) is 0 Å². The normalized spacial score (nSPS) is 12.4. The van der Waals surface area contributed by atoms with Gasteiger partial charge < -0.3 is 14.7 Å². The van der Waals surface area contributed by atoms with Gasteiger partial charge in [0.05, 0.1) is 28.1 Å². The van der Waals surface area contributed by atoms with E-state index in [1.807, 2.05) is 6.20 Å². The number of aromatic nitrogens is 2. The Hall–Kier alpha value is -7.11. The molecule has 0 fully saturated rings. The molecule has 7 aromatic carbocycles. The number of aryl methyl sites for hydroxylation is 4. The summed E-state index contributed by atoms with van der Waals surface area (Å²) >= 11 is 0. The molecule has 1 aliphatic heterocycles. The minimum absolute atomic E-state index is 0.719. The molecule has 0 aliphatic carbocycles. The van der Waals surface area contributed by atoms with Crippen molar-refractivity contribution in [3.05, 3.63) is 198 Å². The lowest BCUT2D eigenvalue weighted by molar-refractivity contribution is 0.990. The molecule has 5 heteroatoms. The van der Waals surface area contributed by atoms with Crippen LogP contribution in [0.1, 0.15) is 22.3 Å². The Morgan fingerprint density at radius 2 is 1.07 bits per heavy atom. The molecule has 57 heavy (non-hydrogen) atoms. The first kappa shape index (κ1) is 34.4. The van der Waals surface area contributed by atoms with Gasteiger partial charge in [0.1, 0.15) is 12.5 Å². The molecule has 0 saturated heterocycles. The van der Waals surface area contributed by atoms with Crippen LogP contribution in [0.15, 0.2) is 176 Å². The highest BCUT2D eigenvalue weighted by molar-refractivity contribution is 6.10. The van der Waals surface area contributed by atoms with Gasteiger partial charge in [-0.1, -0.05) is 97.1 Å². The molecule has 5 nitrogen and oxygen atoms in total. The van der Waals surface area contributed by atoms with E-state index in [0.29, 0.717) is 0 Å².